The monoisotopic (exact) mass is 568 g/mol. The minimum Gasteiger partial charge on any atom is -0.459 e. The average molecular weight is 569 g/mol. The van der Waals surface area contributed by atoms with E-state index in [1.807, 2.05) is 11.8 Å². The zero-order valence-electron chi connectivity index (χ0n) is 17.1. The molecule has 0 heterocycles. The Morgan fingerprint density at radius 2 is 1.11 bits per heavy atom. The minimum absolute atomic E-state index is 0. The second-order valence-corrected chi connectivity index (χ2v) is 7.76. The van der Waals surface area contributed by atoms with Crippen molar-refractivity contribution in [2.24, 2.45) is 23.7 Å². The van der Waals surface area contributed by atoms with E-state index in [4.69, 9.17) is 0 Å². The maximum Gasteiger partial charge on any atom is 0.384 e. The smallest absolute Gasteiger partial charge is 0.384 e. The van der Waals surface area contributed by atoms with E-state index in [0.717, 1.165) is 23.7 Å². The number of allylic oxidation sites excluding steroid dienone is 2. The summed E-state index contributed by atoms with van der Waals surface area (Å²) in [5.74, 6) is 5.94. The Morgan fingerprint density at radius 1 is 0.750 bits per heavy atom. The summed E-state index contributed by atoms with van der Waals surface area (Å²) in [5, 5.41) is 0. The molecule has 2 saturated carbocycles. The van der Waals surface area contributed by atoms with Crippen molar-refractivity contribution in [1.82, 2.24) is 0 Å². The zero-order chi connectivity index (χ0) is 19.5. The molecule has 0 N–H and O–H groups in total. The molecule has 0 radical (unpaired) electrons. The summed E-state index contributed by atoms with van der Waals surface area (Å²) in [4.78, 5) is 20.5. The number of methoxy groups -OCH3 is 2. The Bertz CT molecular complexity index is 517. The summed E-state index contributed by atoms with van der Waals surface area (Å²) in [6.07, 6.45) is 22.7. The quantitative estimate of drug-likeness (QED) is 0.162. The zero-order valence-corrected chi connectivity index (χ0v) is 19.3. The Balaban J connectivity index is 0.000000312. The van der Waals surface area contributed by atoms with E-state index in [2.05, 4.69) is 28.0 Å². The van der Waals surface area contributed by atoms with Gasteiger partial charge in [-0.25, -0.2) is 9.59 Å². The van der Waals surface area contributed by atoms with Gasteiger partial charge in [0.25, 0.3) is 0 Å². The minimum atomic E-state index is -0.759. The normalized spacial score (nSPS) is 24.4. The molecule has 0 amide bonds. The average Bonchev–Trinajstić information content (AvgIpc) is 3.24. The second-order valence-electron chi connectivity index (χ2n) is 7.76. The number of carbonyl (C=O) groups is 2. The summed E-state index contributed by atoms with van der Waals surface area (Å²) in [6.45, 7) is 0. The van der Waals surface area contributed by atoms with Crippen LogP contribution in [0.1, 0.15) is 64.2 Å². The van der Waals surface area contributed by atoms with E-state index in [0.29, 0.717) is 0 Å². The number of esters is 2. The summed E-state index contributed by atoms with van der Waals surface area (Å²) in [6, 6.07) is 0. The van der Waals surface area contributed by atoms with Gasteiger partial charge >= 0.3 is 11.9 Å². The predicted molar refractivity (Wildman–Crippen MR) is 105 cm³/mol. The number of ether oxygens (including phenoxy) is 2. The SMILES string of the molecule is C1=CC(C2CCCCC2)[CH+]C1C1CCCCC1.COC(=O)C#CC(=O)OC.[Pt]. The van der Waals surface area contributed by atoms with Gasteiger partial charge in [0, 0.05) is 44.7 Å². The van der Waals surface area contributed by atoms with Crippen LogP contribution in [0.25, 0.3) is 0 Å². The molecule has 0 bridgehead atoms. The molecule has 0 aliphatic heterocycles. The van der Waals surface area contributed by atoms with Gasteiger partial charge in [-0.1, -0.05) is 38.5 Å². The van der Waals surface area contributed by atoms with E-state index < -0.39 is 11.9 Å². The first kappa shape index (κ1) is 24.8. The van der Waals surface area contributed by atoms with Gasteiger partial charge in [0.2, 0.25) is 0 Å². The number of hydrogen-bond acceptors (Lipinski definition) is 4. The van der Waals surface area contributed by atoms with Crippen LogP contribution in [-0.4, -0.2) is 26.2 Å². The third-order valence-corrected chi connectivity index (χ3v) is 6.03. The molecule has 0 aromatic carbocycles. The molecule has 2 atom stereocenters. The van der Waals surface area contributed by atoms with E-state index >= 15 is 0 Å². The van der Waals surface area contributed by atoms with Gasteiger partial charge in [-0.3, -0.25) is 0 Å². The van der Waals surface area contributed by atoms with Gasteiger partial charge in [0.05, 0.1) is 20.6 Å². The van der Waals surface area contributed by atoms with Crippen molar-refractivity contribution in [2.75, 3.05) is 14.2 Å². The van der Waals surface area contributed by atoms with Gasteiger partial charge in [-0.2, -0.15) is 0 Å². The fourth-order valence-corrected chi connectivity index (χ4v) is 4.51. The number of hydrogen-bond donors (Lipinski definition) is 0. The predicted octanol–water partition coefficient (Wildman–Crippen LogP) is 4.49. The Hall–Kier alpha value is -1.20. The summed E-state index contributed by atoms with van der Waals surface area (Å²) in [7, 11) is 2.35. The molecular formula is C23H33O4Pt+. The largest absolute Gasteiger partial charge is 0.459 e. The molecule has 28 heavy (non-hydrogen) atoms. The van der Waals surface area contributed by atoms with Gasteiger partial charge in [-0.15, -0.1) is 0 Å². The maximum atomic E-state index is 10.2. The third kappa shape index (κ3) is 8.44. The van der Waals surface area contributed by atoms with Crippen molar-refractivity contribution < 1.29 is 40.1 Å². The van der Waals surface area contributed by atoms with Crippen LogP contribution in [0.3, 0.4) is 0 Å². The molecule has 0 aromatic rings. The van der Waals surface area contributed by atoms with Crippen LogP contribution < -0.4 is 0 Å². The maximum absolute atomic E-state index is 10.2. The van der Waals surface area contributed by atoms with E-state index in [9.17, 15) is 9.59 Å². The van der Waals surface area contributed by atoms with E-state index in [-0.39, 0.29) is 21.1 Å². The van der Waals surface area contributed by atoms with Crippen LogP contribution in [-0.2, 0) is 40.1 Å². The van der Waals surface area contributed by atoms with Crippen LogP contribution in [0.15, 0.2) is 12.2 Å². The summed E-state index contributed by atoms with van der Waals surface area (Å²) in [5.41, 5.74) is 0. The third-order valence-electron chi connectivity index (χ3n) is 6.03. The van der Waals surface area contributed by atoms with Crippen molar-refractivity contribution in [3.63, 3.8) is 0 Å². The van der Waals surface area contributed by atoms with Gasteiger partial charge < -0.3 is 9.47 Å². The van der Waals surface area contributed by atoms with E-state index in [1.54, 1.807) is 0 Å². The molecule has 0 spiro atoms. The van der Waals surface area contributed by atoms with Crippen LogP contribution in [0.5, 0.6) is 0 Å². The molecule has 0 saturated heterocycles. The topological polar surface area (TPSA) is 52.6 Å². The first-order valence-corrected chi connectivity index (χ1v) is 10.3. The molecule has 2 fully saturated rings. The molecule has 3 aliphatic rings. The van der Waals surface area contributed by atoms with Gasteiger partial charge in [0.15, 0.2) is 0 Å². The van der Waals surface area contributed by atoms with Crippen LogP contribution in [0, 0.1) is 41.9 Å². The number of rotatable bonds is 2. The molecule has 0 aromatic heterocycles. The second kappa shape index (κ2) is 13.9. The first-order valence-electron chi connectivity index (χ1n) is 10.3. The van der Waals surface area contributed by atoms with Crippen molar-refractivity contribution in [3.8, 4) is 11.8 Å². The fourth-order valence-electron chi connectivity index (χ4n) is 4.51. The molecule has 2 unspecified atom stereocenters. The molecular weight excluding hydrogens is 535 g/mol. The molecule has 158 valence electrons. The summed E-state index contributed by atoms with van der Waals surface area (Å²) < 4.78 is 8.25. The van der Waals surface area contributed by atoms with Gasteiger partial charge in [0.1, 0.15) is 11.8 Å². The standard InChI is InChI=1S/C17H27.C6H6O4.Pt/c1-3-7-14(8-4-1)16-11-12-17(13-16)15-9-5-2-6-10-15;1-9-5(7)3-4-6(8)10-2;/h11-17H,1-10H2;1-2H3;/q+1;;. The Labute approximate surface area is 184 Å². The van der Waals surface area contributed by atoms with Crippen molar-refractivity contribution in [2.45, 2.75) is 64.2 Å². The Kier molecular flexibility index (Phi) is 12.3. The molecule has 5 heteroatoms. The summed E-state index contributed by atoms with van der Waals surface area (Å²) >= 11 is 0. The van der Waals surface area contributed by atoms with E-state index in [1.165, 1.54) is 78.4 Å². The number of carbonyl (C=O) groups excluding carboxylic acids is 2. The van der Waals surface area contributed by atoms with Crippen molar-refractivity contribution >= 4 is 11.9 Å². The van der Waals surface area contributed by atoms with Crippen LogP contribution in [0.4, 0.5) is 0 Å². The fraction of sp³-hybridized carbons (Fsp3) is 0.696. The van der Waals surface area contributed by atoms with Crippen molar-refractivity contribution in [1.29, 1.82) is 0 Å². The first-order chi connectivity index (χ1) is 13.1. The van der Waals surface area contributed by atoms with Gasteiger partial charge in [-0.05, 0) is 37.8 Å². The molecule has 3 rings (SSSR count). The molecule has 4 nitrogen and oxygen atoms in total. The van der Waals surface area contributed by atoms with Crippen LogP contribution in [0.2, 0.25) is 0 Å². The molecule has 3 aliphatic carbocycles. The van der Waals surface area contributed by atoms with Crippen molar-refractivity contribution in [3.05, 3.63) is 18.6 Å². The van der Waals surface area contributed by atoms with Crippen LogP contribution >= 0.6 is 0 Å². The Morgan fingerprint density at radius 3 is 1.43 bits per heavy atom.